The van der Waals surface area contributed by atoms with E-state index in [0.717, 1.165) is 15.2 Å². The second-order valence-electron chi connectivity index (χ2n) is 3.89. The molecule has 0 unspecified atom stereocenters. The van der Waals surface area contributed by atoms with Crippen molar-refractivity contribution in [3.8, 4) is 9.88 Å². The van der Waals surface area contributed by atoms with Crippen LogP contribution in [0.5, 0.6) is 0 Å². The fourth-order valence-electron chi connectivity index (χ4n) is 1.11. The summed E-state index contributed by atoms with van der Waals surface area (Å²) in [5, 5.41) is 5.13. The number of halogens is 1. The van der Waals surface area contributed by atoms with Crippen molar-refractivity contribution in [3.05, 3.63) is 27.0 Å². The van der Waals surface area contributed by atoms with Crippen molar-refractivity contribution in [2.75, 3.05) is 0 Å². The van der Waals surface area contributed by atoms with Crippen molar-refractivity contribution in [3.63, 3.8) is 0 Å². The van der Waals surface area contributed by atoms with Crippen LogP contribution in [0, 0.1) is 0 Å². The molecule has 2 N–H and O–H groups in total. The molecule has 2 aromatic heterocycles. The van der Waals surface area contributed by atoms with Gasteiger partial charge in [0.15, 0.2) is 0 Å². The summed E-state index contributed by atoms with van der Waals surface area (Å²) in [5.41, 5.74) is 6.58. The van der Waals surface area contributed by atoms with E-state index < -0.39 is 0 Å². The van der Waals surface area contributed by atoms with Crippen LogP contribution in [0.4, 0.5) is 0 Å². The summed E-state index contributed by atoms with van der Waals surface area (Å²) in [5.74, 6) is 0. The molecule has 5 heteroatoms. The number of nitrogens with zero attached hydrogens (tertiary/aromatic N) is 1. The Balaban J connectivity index is 2.36. The molecule has 0 saturated carbocycles. The zero-order valence-electron chi connectivity index (χ0n) is 8.45. The second-order valence-corrected chi connectivity index (χ2v) is 6.57. The Hall–Kier alpha value is -0.230. The van der Waals surface area contributed by atoms with Crippen LogP contribution in [0.2, 0.25) is 0 Å². The van der Waals surface area contributed by atoms with Crippen molar-refractivity contribution in [2.45, 2.75) is 19.4 Å². The highest BCUT2D eigenvalue weighted by atomic mass is 79.9. The molecule has 2 aromatic rings. The van der Waals surface area contributed by atoms with Crippen LogP contribution >= 0.6 is 38.6 Å². The molecule has 0 fully saturated rings. The third-order valence-corrected chi connectivity index (χ3v) is 4.65. The normalized spacial score (nSPS) is 12.0. The van der Waals surface area contributed by atoms with E-state index in [9.17, 15) is 0 Å². The van der Waals surface area contributed by atoms with Gasteiger partial charge in [0, 0.05) is 15.2 Å². The van der Waals surface area contributed by atoms with Gasteiger partial charge >= 0.3 is 0 Å². The molecule has 0 atom stereocenters. The number of rotatable bonds is 2. The molecule has 2 heterocycles. The molecule has 0 aliphatic rings. The topological polar surface area (TPSA) is 38.9 Å². The quantitative estimate of drug-likeness (QED) is 0.916. The Morgan fingerprint density at radius 1 is 1.33 bits per heavy atom. The van der Waals surface area contributed by atoms with Crippen LogP contribution in [0.15, 0.2) is 21.3 Å². The third-order valence-electron chi connectivity index (χ3n) is 1.94. The molecule has 2 nitrogen and oxygen atoms in total. The Morgan fingerprint density at radius 3 is 2.53 bits per heavy atom. The summed E-state index contributed by atoms with van der Waals surface area (Å²) < 4.78 is 1.10. The molecule has 0 aromatic carbocycles. The number of aromatic nitrogens is 1. The fraction of sp³-hybridized carbons (Fsp3) is 0.300. The molecule has 0 aliphatic heterocycles. The van der Waals surface area contributed by atoms with Crippen molar-refractivity contribution < 1.29 is 0 Å². The van der Waals surface area contributed by atoms with E-state index in [0.29, 0.717) is 0 Å². The van der Waals surface area contributed by atoms with Crippen LogP contribution in [-0.2, 0) is 5.54 Å². The number of thiophene rings is 1. The van der Waals surface area contributed by atoms with Gasteiger partial charge in [0.2, 0.25) is 0 Å². The standard InChI is InChI=1S/C10H11BrN2S2/c1-10(2,12)8-5-15-9(13-8)7-3-6(11)4-14-7/h3-5H,12H2,1-2H3. The van der Waals surface area contributed by atoms with E-state index in [1.54, 1.807) is 22.7 Å². The molecule has 0 radical (unpaired) electrons. The highest BCUT2D eigenvalue weighted by molar-refractivity contribution is 9.10. The van der Waals surface area contributed by atoms with Crippen LogP contribution in [0.25, 0.3) is 9.88 Å². The molecular weight excluding hydrogens is 292 g/mol. The first-order chi connectivity index (χ1) is 6.97. The maximum Gasteiger partial charge on any atom is 0.133 e. The number of nitrogens with two attached hydrogens (primary N) is 1. The number of hydrogen-bond acceptors (Lipinski definition) is 4. The summed E-state index contributed by atoms with van der Waals surface area (Å²) >= 11 is 6.77. The van der Waals surface area contributed by atoms with Crippen LogP contribution in [-0.4, -0.2) is 4.98 Å². The van der Waals surface area contributed by atoms with Crippen molar-refractivity contribution >= 4 is 38.6 Å². The summed E-state index contributed by atoms with van der Waals surface area (Å²) in [4.78, 5) is 5.73. The molecule has 0 saturated heterocycles. The van der Waals surface area contributed by atoms with Gasteiger partial charge in [-0.1, -0.05) is 0 Å². The van der Waals surface area contributed by atoms with Gasteiger partial charge in [-0.2, -0.15) is 0 Å². The van der Waals surface area contributed by atoms with Crippen molar-refractivity contribution in [1.82, 2.24) is 4.98 Å². The lowest BCUT2D eigenvalue weighted by Gasteiger charge is -2.14. The summed E-state index contributed by atoms with van der Waals surface area (Å²) in [7, 11) is 0. The van der Waals surface area contributed by atoms with Gasteiger partial charge < -0.3 is 5.73 Å². The van der Waals surface area contributed by atoms with Gasteiger partial charge in [-0.3, -0.25) is 0 Å². The highest BCUT2D eigenvalue weighted by Crippen LogP contribution is 2.33. The zero-order chi connectivity index (χ0) is 11.1. The zero-order valence-corrected chi connectivity index (χ0v) is 11.7. The fourth-order valence-corrected chi connectivity index (χ4v) is 3.61. The minimum Gasteiger partial charge on any atom is -0.321 e. The Labute approximate surface area is 105 Å². The number of thiazole rings is 1. The van der Waals surface area contributed by atoms with E-state index in [4.69, 9.17) is 5.73 Å². The lowest BCUT2D eigenvalue weighted by molar-refractivity contribution is 0.539. The molecule has 0 aliphatic carbocycles. The largest absolute Gasteiger partial charge is 0.321 e. The lowest BCUT2D eigenvalue weighted by atomic mass is 10.0. The van der Waals surface area contributed by atoms with E-state index >= 15 is 0 Å². The predicted octanol–water partition coefficient (Wildman–Crippen LogP) is 3.83. The number of hydrogen-bond donors (Lipinski definition) is 1. The maximum atomic E-state index is 5.99. The first kappa shape index (κ1) is 11.3. The van der Waals surface area contributed by atoms with Gasteiger partial charge in [-0.15, -0.1) is 22.7 Å². The summed E-state index contributed by atoms with van der Waals surface area (Å²) in [6.07, 6.45) is 0. The van der Waals surface area contributed by atoms with E-state index in [1.807, 2.05) is 19.2 Å². The van der Waals surface area contributed by atoms with Gasteiger partial charge in [0.05, 0.1) is 16.1 Å². The first-order valence-electron chi connectivity index (χ1n) is 4.46. The molecule has 80 valence electrons. The van der Waals surface area contributed by atoms with Gasteiger partial charge in [0.25, 0.3) is 0 Å². The van der Waals surface area contributed by atoms with Gasteiger partial charge in [-0.05, 0) is 35.8 Å². The minimum atomic E-state index is -0.358. The lowest BCUT2D eigenvalue weighted by Crippen LogP contribution is -2.28. The van der Waals surface area contributed by atoms with Gasteiger partial charge in [0.1, 0.15) is 5.01 Å². The second kappa shape index (κ2) is 3.97. The summed E-state index contributed by atoms with van der Waals surface area (Å²) in [6.45, 7) is 3.94. The Kier molecular flexibility index (Phi) is 2.98. The third kappa shape index (κ3) is 2.47. The predicted molar refractivity (Wildman–Crippen MR) is 70.3 cm³/mol. The van der Waals surface area contributed by atoms with Gasteiger partial charge in [-0.25, -0.2) is 4.98 Å². The van der Waals surface area contributed by atoms with E-state index in [2.05, 4.69) is 32.4 Å². The maximum absolute atomic E-state index is 5.99. The van der Waals surface area contributed by atoms with Crippen molar-refractivity contribution in [1.29, 1.82) is 0 Å². The molecule has 0 bridgehead atoms. The summed E-state index contributed by atoms with van der Waals surface area (Å²) in [6, 6.07) is 2.08. The Morgan fingerprint density at radius 2 is 2.07 bits per heavy atom. The van der Waals surface area contributed by atoms with E-state index in [-0.39, 0.29) is 5.54 Å². The average molecular weight is 303 g/mol. The van der Waals surface area contributed by atoms with Crippen LogP contribution in [0.3, 0.4) is 0 Å². The monoisotopic (exact) mass is 302 g/mol. The van der Waals surface area contributed by atoms with Crippen LogP contribution in [0.1, 0.15) is 19.5 Å². The highest BCUT2D eigenvalue weighted by Gasteiger charge is 2.18. The van der Waals surface area contributed by atoms with E-state index in [1.165, 1.54) is 4.88 Å². The van der Waals surface area contributed by atoms with Crippen LogP contribution < -0.4 is 5.73 Å². The molecular formula is C10H11BrN2S2. The average Bonchev–Trinajstić information content (AvgIpc) is 2.69. The van der Waals surface area contributed by atoms with Crippen molar-refractivity contribution in [2.24, 2.45) is 5.73 Å². The minimum absolute atomic E-state index is 0.358. The molecule has 15 heavy (non-hydrogen) atoms. The molecule has 0 spiro atoms. The molecule has 2 rings (SSSR count). The first-order valence-corrected chi connectivity index (χ1v) is 7.01. The Bertz CT molecular complexity index is 468. The molecule has 0 amide bonds. The smallest absolute Gasteiger partial charge is 0.133 e. The SMILES string of the molecule is CC(C)(N)c1csc(-c2cc(Br)cs2)n1.